The normalized spacial score (nSPS) is 11.9. The van der Waals surface area contributed by atoms with Gasteiger partial charge in [0.15, 0.2) is 0 Å². The summed E-state index contributed by atoms with van der Waals surface area (Å²) in [5, 5.41) is 2.97. The number of nitrogens with zero attached hydrogens (tertiary/aromatic N) is 1. The van der Waals surface area contributed by atoms with Crippen LogP contribution in [0.5, 0.6) is 0 Å². The van der Waals surface area contributed by atoms with Crippen LogP contribution in [0.15, 0.2) is 48.7 Å². The van der Waals surface area contributed by atoms with Gasteiger partial charge in [0.05, 0.1) is 5.69 Å². The summed E-state index contributed by atoms with van der Waals surface area (Å²) in [5.41, 5.74) is 2.94. The minimum atomic E-state index is -0.344. The van der Waals surface area contributed by atoms with Gasteiger partial charge in [-0.15, -0.1) is 0 Å². The van der Waals surface area contributed by atoms with E-state index in [1.165, 1.54) is 5.56 Å². The third-order valence-electron chi connectivity index (χ3n) is 3.21. The number of pyridine rings is 1. The molecule has 0 radical (unpaired) electrons. The van der Waals surface area contributed by atoms with Gasteiger partial charge in [0.25, 0.3) is 0 Å². The third-order valence-corrected chi connectivity index (χ3v) is 3.21. The summed E-state index contributed by atoms with van der Waals surface area (Å²) in [6, 6.07) is 13.7. The first-order valence-electron chi connectivity index (χ1n) is 6.97. The van der Waals surface area contributed by atoms with Gasteiger partial charge in [-0.25, -0.2) is 0 Å². The van der Waals surface area contributed by atoms with Gasteiger partial charge >= 0.3 is 0 Å². The molecule has 0 aliphatic rings. The van der Waals surface area contributed by atoms with Crippen LogP contribution in [-0.4, -0.2) is 17.4 Å². The van der Waals surface area contributed by atoms with Gasteiger partial charge in [0.2, 0.25) is 5.91 Å². The zero-order chi connectivity index (χ0) is 14.4. The number of rotatable bonds is 5. The standard InChI is InChI=1S/C17H20N2O/c1-3-11-19-17(20)16(15-6-4-5-12-18-15)14-9-7-13(2)8-10-14/h4-10,12,16H,3,11H2,1-2H3,(H,19,20). The van der Waals surface area contributed by atoms with E-state index >= 15 is 0 Å². The highest BCUT2D eigenvalue weighted by molar-refractivity contribution is 5.86. The van der Waals surface area contributed by atoms with Crippen LogP contribution in [0.25, 0.3) is 0 Å². The zero-order valence-corrected chi connectivity index (χ0v) is 12.0. The molecule has 3 heteroatoms. The van der Waals surface area contributed by atoms with Crippen molar-refractivity contribution in [3.8, 4) is 0 Å². The minimum Gasteiger partial charge on any atom is -0.355 e. The largest absolute Gasteiger partial charge is 0.355 e. The van der Waals surface area contributed by atoms with E-state index < -0.39 is 0 Å². The fourth-order valence-electron chi connectivity index (χ4n) is 2.11. The first-order valence-corrected chi connectivity index (χ1v) is 6.97. The van der Waals surface area contributed by atoms with E-state index in [9.17, 15) is 4.79 Å². The van der Waals surface area contributed by atoms with Crippen molar-refractivity contribution in [2.45, 2.75) is 26.2 Å². The number of hydrogen-bond acceptors (Lipinski definition) is 2. The molecule has 1 amide bonds. The van der Waals surface area contributed by atoms with E-state index in [1.807, 2.05) is 56.3 Å². The third kappa shape index (κ3) is 3.44. The average molecular weight is 268 g/mol. The number of aryl methyl sites for hydroxylation is 1. The van der Waals surface area contributed by atoms with Crippen molar-refractivity contribution in [1.82, 2.24) is 10.3 Å². The number of aromatic nitrogens is 1. The maximum atomic E-state index is 12.4. The molecule has 1 atom stereocenters. The molecule has 1 heterocycles. The lowest BCUT2D eigenvalue weighted by atomic mass is 9.93. The van der Waals surface area contributed by atoms with E-state index in [0.29, 0.717) is 6.54 Å². The number of nitrogens with one attached hydrogen (secondary N) is 1. The van der Waals surface area contributed by atoms with E-state index in [4.69, 9.17) is 0 Å². The van der Waals surface area contributed by atoms with Gasteiger partial charge in [-0.1, -0.05) is 42.8 Å². The Hall–Kier alpha value is -2.16. The van der Waals surface area contributed by atoms with Gasteiger partial charge in [0, 0.05) is 12.7 Å². The molecule has 0 saturated heterocycles. The summed E-state index contributed by atoms with van der Waals surface area (Å²) in [7, 11) is 0. The number of carbonyl (C=O) groups is 1. The second-order valence-electron chi connectivity index (χ2n) is 4.89. The van der Waals surface area contributed by atoms with Gasteiger partial charge in [-0.3, -0.25) is 9.78 Å². The lowest BCUT2D eigenvalue weighted by Crippen LogP contribution is -2.31. The predicted molar refractivity (Wildman–Crippen MR) is 80.6 cm³/mol. The van der Waals surface area contributed by atoms with Crippen molar-refractivity contribution >= 4 is 5.91 Å². The Morgan fingerprint density at radius 2 is 1.95 bits per heavy atom. The maximum absolute atomic E-state index is 12.4. The molecule has 0 spiro atoms. The SMILES string of the molecule is CCCNC(=O)C(c1ccc(C)cc1)c1ccccn1. The van der Waals surface area contributed by atoms with E-state index in [2.05, 4.69) is 10.3 Å². The molecule has 3 nitrogen and oxygen atoms in total. The number of hydrogen-bond donors (Lipinski definition) is 1. The Kier molecular flexibility index (Phi) is 4.88. The van der Waals surface area contributed by atoms with Crippen molar-refractivity contribution < 1.29 is 4.79 Å². The number of benzene rings is 1. The molecule has 0 saturated carbocycles. The fourth-order valence-corrected chi connectivity index (χ4v) is 2.11. The van der Waals surface area contributed by atoms with E-state index in [0.717, 1.165) is 17.7 Å². The number of carbonyl (C=O) groups excluding carboxylic acids is 1. The molecule has 20 heavy (non-hydrogen) atoms. The van der Waals surface area contributed by atoms with Crippen LogP contribution in [0.1, 0.15) is 36.1 Å². The molecule has 0 aliphatic carbocycles. The lowest BCUT2D eigenvalue weighted by Gasteiger charge is -2.17. The maximum Gasteiger partial charge on any atom is 0.233 e. The molecule has 2 aromatic rings. The Labute approximate surface area is 120 Å². The average Bonchev–Trinajstić information content (AvgIpc) is 2.48. The van der Waals surface area contributed by atoms with Crippen molar-refractivity contribution in [1.29, 1.82) is 0 Å². The van der Waals surface area contributed by atoms with E-state index in [-0.39, 0.29) is 11.8 Å². The molecule has 1 N–H and O–H groups in total. The molecule has 0 fully saturated rings. The zero-order valence-electron chi connectivity index (χ0n) is 12.0. The van der Waals surface area contributed by atoms with Crippen LogP contribution in [0.2, 0.25) is 0 Å². The summed E-state index contributed by atoms with van der Waals surface area (Å²) < 4.78 is 0. The summed E-state index contributed by atoms with van der Waals surface area (Å²) in [6.07, 6.45) is 2.65. The molecule has 1 aromatic carbocycles. The second-order valence-corrected chi connectivity index (χ2v) is 4.89. The van der Waals surface area contributed by atoms with Crippen LogP contribution in [0, 0.1) is 6.92 Å². The topological polar surface area (TPSA) is 42.0 Å². The molecule has 2 rings (SSSR count). The molecule has 0 bridgehead atoms. The molecule has 1 unspecified atom stereocenters. The summed E-state index contributed by atoms with van der Waals surface area (Å²) in [4.78, 5) is 16.8. The summed E-state index contributed by atoms with van der Waals surface area (Å²) >= 11 is 0. The Bertz CT molecular complexity index is 549. The highest BCUT2D eigenvalue weighted by Crippen LogP contribution is 2.23. The smallest absolute Gasteiger partial charge is 0.233 e. The quantitative estimate of drug-likeness (QED) is 0.905. The Balaban J connectivity index is 2.34. The van der Waals surface area contributed by atoms with Gasteiger partial charge in [-0.2, -0.15) is 0 Å². The molecular formula is C17H20N2O. The Morgan fingerprint density at radius 3 is 2.55 bits per heavy atom. The summed E-state index contributed by atoms with van der Waals surface area (Å²) in [6.45, 7) is 4.77. The second kappa shape index (κ2) is 6.85. The van der Waals surface area contributed by atoms with Gasteiger partial charge < -0.3 is 5.32 Å². The molecule has 1 aromatic heterocycles. The Morgan fingerprint density at radius 1 is 1.20 bits per heavy atom. The van der Waals surface area contributed by atoms with Crippen molar-refractivity contribution in [2.24, 2.45) is 0 Å². The van der Waals surface area contributed by atoms with Crippen LogP contribution in [0.4, 0.5) is 0 Å². The first kappa shape index (κ1) is 14.3. The minimum absolute atomic E-state index is 0.00871. The highest BCUT2D eigenvalue weighted by atomic mass is 16.1. The van der Waals surface area contributed by atoms with Crippen LogP contribution in [-0.2, 0) is 4.79 Å². The van der Waals surface area contributed by atoms with Crippen LogP contribution < -0.4 is 5.32 Å². The van der Waals surface area contributed by atoms with Crippen molar-refractivity contribution in [3.63, 3.8) is 0 Å². The van der Waals surface area contributed by atoms with Crippen LogP contribution >= 0.6 is 0 Å². The molecule has 0 aliphatic heterocycles. The van der Waals surface area contributed by atoms with Crippen LogP contribution in [0.3, 0.4) is 0 Å². The highest BCUT2D eigenvalue weighted by Gasteiger charge is 2.23. The van der Waals surface area contributed by atoms with Gasteiger partial charge in [-0.05, 0) is 31.0 Å². The lowest BCUT2D eigenvalue weighted by molar-refractivity contribution is -0.121. The molecular weight excluding hydrogens is 248 g/mol. The van der Waals surface area contributed by atoms with Crippen molar-refractivity contribution in [2.75, 3.05) is 6.54 Å². The first-order chi connectivity index (χ1) is 9.72. The molecule has 104 valence electrons. The predicted octanol–water partition coefficient (Wildman–Crippen LogP) is 3.05. The van der Waals surface area contributed by atoms with Gasteiger partial charge in [0.1, 0.15) is 5.92 Å². The van der Waals surface area contributed by atoms with Crippen molar-refractivity contribution in [3.05, 3.63) is 65.5 Å². The number of amides is 1. The summed E-state index contributed by atoms with van der Waals surface area (Å²) in [5.74, 6) is -0.335. The monoisotopic (exact) mass is 268 g/mol. The van der Waals surface area contributed by atoms with E-state index in [1.54, 1.807) is 6.20 Å². The fraction of sp³-hybridized carbons (Fsp3) is 0.294.